The number of thiophene rings is 1. The molecule has 0 saturated heterocycles. The molecule has 1 aromatic carbocycles. The van der Waals surface area contributed by atoms with E-state index in [4.69, 9.17) is 23.2 Å². The summed E-state index contributed by atoms with van der Waals surface area (Å²) in [5.41, 5.74) is -1.10. The zero-order valence-electron chi connectivity index (χ0n) is 17.0. The van der Waals surface area contributed by atoms with Gasteiger partial charge in [-0.15, -0.1) is 11.3 Å². The Hall–Kier alpha value is -1.61. The number of benzene rings is 1. The number of rotatable bonds is 7. The zero-order chi connectivity index (χ0) is 24.6. The first-order valence-corrected chi connectivity index (χ1v) is 11.9. The third-order valence-electron chi connectivity index (χ3n) is 4.15. The molecule has 0 unspecified atom stereocenters. The Kier molecular flexibility index (Phi) is 9.24. The topological polar surface area (TPSA) is 121 Å². The van der Waals surface area contributed by atoms with E-state index in [0.717, 1.165) is 34.2 Å². The molecule has 2 heterocycles. The first-order chi connectivity index (χ1) is 15.3. The van der Waals surface area contributed by atoms with Gasteiger partial charge in [-0.3, -0.25) is 4.79 Å². The van der Waals surface area contributed by atoms with Gasteiger partial charge in [-0.2, -0.15) is 18.3 Å². The molecule has 0 bridgehead atoms. The Bertz CT molecular complexity index is 1310. The molecule has 0 aliphatic carbocycles. The molecule has 3 aromatic rings. The number of aromatic nitrogens is 2. The van der Waals surface area contributed by atoms with Crippen LogP contribution in [0.1, 0.15) is 18.5 Å². The number of halogens is 5. The van der Waals surface area contributed by atoms with Gasteiger partial charge in [0.15, 0.2) is 5.69 Å². The quantitative estimate of drug-likeness (QED) is 0.412. The van der Waals surface area contributed by atoms with Gasteiger partial charge in [0.25, 0.3) is 10.0 Å². The van der Waals surface area contributed by atoms with Gasteiger partial charge in [0.1, 0.15) is 4.34 Å². The smallest absolute Gasteiger partial charge is 0.550 e. The minimum atomic E-state index is -4.77. The largest absolute Gasteiger partial charge is 1.00 e. The molecular weight excluding hydrogens is 553 g/mol. The molecule has 0 spiro atoms. The van der Waals surface area contributed by atoms with E-state index in [9.17, 15) is 36.3 Å². The Morgan fingerprint density at radius 2 is 1.76 bits per heavy atom. The van der Waals surface area contributed by atoms with Crippen LogP contribution in [-0.2, 0) is 25.8 Å². The summed E-state index contributed by atoms with van der Waals surface area (Å²) in [6.07, 6.45) is -6.05. The van der Waals surface area contributed by atoms with Crippen molar-refractivity contribution in [2.45, 2.75) is 23.9 Å². The fourth-order valence-corrected chi connectivity index (χ4v) is 5.11. The molecule has 1 amide bonds. The Balaban J connectivity index is 0.00000408. The van der Waals surface area contributed by atoms with Gasteiger partial charge in [-0.1, -0.05) is 23.2 Å². The minimum Gasteiger partial charge on any atom is -0.550 e. The zero-order valence-corrected chi connectivity index (χ0v) is 22.2. The van der Waals surface area contributed by atoms with Gasteiger partial charge >= 0.3 is 35.7 Å². The molecule has 0 radical (unpaired) electrons. The van der Waals surface area contributed by atoms with Crippen LogP contribution in [0.4, 0.5) is 13.2 Å². The molecule has 0 atom stereocenters. The first kappa shape index (κ1) is 28.6. The third-order valence-corrected chi connectivity index (χ3v) is 7.19. The van der Waals surface area contributed by atoms with E-state index in [2.05, 4.69) is 5.10 Å². The number of amides is 1. The Labute approximate surface area is 227 Å². The van der Waals surface area contributed by atoms with Crippen LogP contribution in [0.2, 0.25) is 9.36 Å². The summed E-state index contributed by atoms with van der Waals surface area (Å²) >= 11 is 13.2. The fourth-order valence-electron chi connectivity index (χ4n) is 2.67. The number of carboxylic acid groups (broad SMARTS) is 1. The van der Waals surface area contributed by atoms with Crippen molar-refractivity contribution < 1.29 is 65.8 Å². The molecule has 34 heavy (non-hydrogen) atoms. The van der Waals surface area contributed by atoms with Crippen LogP contribution in [0.3, 0.4) is 0 Å². The summed E-state index contributed by atoms with van der Waals surface area (Å²) in [6, 6.07) is 5.19. The van der Waals surface area contributed by atoms with E-state index >= 15 is 0 Å². The van der Waals surface area contributed by atoms with Crippen LogP contribution in [0, 0.1) is 0 Å². The summed E-state index contributed by atoms with van der Waals surface area (Å²) in [5, 5.41) is 15.5. The number of alkyl halides is 3. The number of sulfonamides is 1. The standard InChI is InChI=1S/C18H12Cl2F3N3O5S2.Na/c19-11-8-32-17(20)16(11)12-7-13(18(21,22)23)24-26(12)9-1-3-10(4-2-9)33(30,31)25-14(27)5-6-15(28)29;/h1-4,7-8H,5-6H2,(H,25,27)(H,28,29);/q;+1/p-1. The maximum Gasteiger partial charge on any atom is 1.00 e. The number of aliphatic carboxylic acids is 1. The second-order valence-electron chi connectivity index (χ2n) is 6.45. The maximum absolute atomic E-state index is 13.3. The second kappa shape index (κ2) is 11.0. The molecule has 0 saturated carbocycles. The molecule has 176 valence electrons. The van der Waals surface area contributed by atoms with Crippen LogP contribution >= 0.6 is 34.5 Å². The number of hydrogen-bond donors (Lipinski definition) is 1. The normalized spacial score (nSPS) is 11.7. The van der Waals surface area contributed by atoms with Crippen molar-refractivity contribution in [3.63, 3.8) is 0 Å². The van der Waals surface area contributed by atoms with Crippen LogP contribution in [0.15, 0.2) is 40.6 Å². The molecule has 16 heteroatoms. The molecule has 0 aliphatic heterocycles. The van der Waals surface area contributed by atoms with Crippen LogP contribution in [0.25, 0.3) is 16.9 Å². The van der Waals surface area contributed by atoms with Gasteiger partial charge in [0.05, 0.1) is 21.3 Å². The predicted molar refractivity (Wildman–Crippen MR) is 111 cm³/mol. The molecule has 1 N–H and O–H groups in total. The van der Waals surface area contributed by atoms with Crippen molar-refractivity contribution in [2.75, 3.05) is 0 Å². The molecule has 8 nitrogen and oxygen atoms in total. The van der Waals surface area contributed by atoms with Crippen LogP contribution in [-0.4, -0.2) is 30.1 Å². The molecule has 3 rings (SSSR count). The predicted octanol–water partition coefficient (Wildman–Crippen LogP) is 0.265. The van der Waals surface area contributed by atoms with Gasteiger partial charge in [0, 0.05) is 23.3 Å². The monoisotopic (exact) mass is 563 g/mol. The summed E-state index contributed by atoms with van der Waals surface area (Å²) < 4.78 is 67.3. The summed E-state index contributed by atoms with van der Waals surface area (Å²) in [7, 11) is -4.35. The average molecular weight is 564 g/mol. The van der Waals surface area contributed by atoms with Crippen molar-refractivity contribution in [3.05, 3.63) is 50.8 Å². The van der Waals surface area contributed by atoms with Crippen molar-refractivity contribution >= 4 is 56.4 Å². The minimum absolute atomic E-state index is 0. The van der Waals surface area contributed by atoms with E-state index in [1.807, 2.05) is 0 Å². The number of nitrogens with one attached hydrogen (secondary N) is 1. The van der Waals surface area contributed by atoms with Crippen molar-refractivity contribution in [2.24, 2.45) is 0 Å². The summed E-state index contributed by atoms with van der Waals surface area (Å²) in [6.45, 7) is 0. The number of hydrogen-bond acceptors (Lipinski definition) is 7. The molecule has 2 aromatic heterocycles. The van der Waals surface area contributed by atoms with Gasteiger partial charge < -0.3 is 9.90 Å². The fraction of sp³-hybridized carbons (Fsp3) is 0.167. The number of carbonyl (C=O) groups excluding carboxylic acids is 2. The molecule has 0 fully saturated rings. The summed E-state index contributed by atoms with van der Waals surface area (Å²) in [4.78, 5) is 21.6. The van der Waals surface area contributed by atoms with E-state index in [0.29, 0.717) is 0 Å². The second-order valence-corrected chi connectivity index (χ2v) is 10.0. The van der Waals surface area contributed by atoms with Gasteiger partial charge in [-0.05, 0) is 36.8 Å². The van der Waals surface area contributed by atoms with Crippen molar-refractivity contribution in [1.29, 1.82) is 0 Å². The average Bonchev–Trinajstić information content (AvgIpc) is 3.29. The Morgan fingerprint density at radius 3 is 2.26 bits per heavy atom. The number of carboxylic acids is 1. The van der Waals surface area contributed by atoms with E-state index < -0.39 is 46.6 Å². The van der Waals surface area contributed by atoms with Crippen LogP contribution < -0.4 is 39.4 Å². The summed E-state index contributed by atoms with van der Waals surface area (Å²) in [5.74, 6) is -2.58. The van der Waals surface area contributed by atoms with Crippen LogP contribution in [0.5, 0.6) is 0 Å². The van der Waals surface area contributed by atoms with Crippen molar-refractivity contribution in [1.82, 2.24) is 14.5 Å². The van der Waals surface area contributed by atoms with E-state index in [-0.39, 0.29) is 60.8 Å². The molecular formula is C18H11Cl2F3N3NaO5S2. The third kappa shape index (κ3) is 6.53. The number of carbonyl (C=O) groups is 2. The van der Waals surface area contributed by atoms with E-state index in [1.165, 1.54) is 17.5 Å². The SMILES string of the molecule is O=C([O-])CCC(=O)NS(=O)(=O)c1ccc(-n2nc(C(F)(F)F)cc2-c2c(Cl)csc2Cl)cc1.[Na+]. The number of nitrogens with zero attached hydrogens (tertiary/aromatic N) is 2. The van der Waals surface area contributed by atoms with Gasteiger partial charge in [-0.25, -0.2) is 17.8 Å². The van der Waals surface area contributed by atoms with Gasteiger partial charge in [0.2, 0.25) is 5.91 Å². The molecule has 0 aliphatic rings. The van der Waals surface area contributed by atoms with Crippen molar-refractivity contribution in [3.8, 4) is 16.9 Å². The first-order valence-electron chi connectivity index (χ1n) is 8.75. The maximum atomic E-state index is 13.3. The Morgan fingerprint density at radius 1 is 1.15 bits per heavy atom. The van der Waals surface area contributed by atoms with E-state index in [1.54, 1.807) is 4.72 Å².